The third-order valence-electron chi connectivity index (χ3n) is 2.40. The zero-order valence-corrected chi connectivity index (χ0v) is 9.37. The van der Waals surface area contributed by atoms with Crippen LogP contribution in [0, 0.1) is 20.8 Å². The molecule has 0 saturated carbocycles. The molecule has 4 heteroatoms. The molecular weight excluding hydrogens is 190 g/mol. The standard InChI is InChI=1S/C11H17N3O/c1-7-4-5-8(2)11(9(7)3)15-6-10(12)14-13/h4-5H,6,13H2,1-3H3,(H2,12,14). The highest BCUT2D eigenvalue weighted by atomic mass is 16.5. The first-order valence-electron chi connectivity index (χ1n) is 4.78. The molecule has 1 aromatic rings. The molecule has 0 aromatic heterocycles. The molecule has 0 unspecified atom stereocenters. The van der Waals surface area contributed by atoms with Crippen molar-refractivity contribution in [3.05, 3.63) is 28.8 Å². The molecule has 0 radical (unpaired) electrons. The fraction of sp³-hybridized carbons (Fsp3) is 0.364. The third-order valence-corrected chi connectivity index (χ3v) is 2.40. The minimum Gasteiger partial charge on any atom is -0.485 e. The van der Waals surface area contributed by atoms with E-state index in [-0.39, 0.29) is 12.4 Å². The molecule has 0 aliphatic rings. The van der Waals surface area contributed by atoms with Gasteiger partial charge in [0.2, 0.25) is 0 Å². The number of hydrogen-bond acceptors (Lipinski definition) is 3. The Kier molecular flexibility index (Phi) is 3.55. The van der Waals surface area contributed by atoms with Crippen molar-refractivity contribution >= 4 is 5.84 Å². The average Bonchev–Trinajstić information content (AvgIpc) is 2.23. The van der Waals surface area contributed by atoms with Crippen LogP contribution in [0.5, 0.6) is 5.75 Å². The second kappa shape index (κ2) is 4.68. The van der Waals surface area contributed by atoms with Crippen LogP contribution in [-0.2, 0) is 0 Å². The smallest absolute Gasteiger partial charge is 0.157 e. The van der Waals surface area contributed by atoms with Crippen LogP contribution in [0.3, 0.4) is 0 Å². The molecule has 4 nitrogen and oxygen atoms in total. The summed E-state index contributed by atoms with van der Waals surface area (Å²) >= 11 is 0. The maximum Gasteiger partial charge on any atom is 0.157 e. The summed E-state index contributed by atoms with van der Waals surface area (Å²) in [7, 11) is 0. The van der Waals surface area contributed by atoms with Crippen LogP contribution in [-0.4, -0.2) is 12.4 Å². The molecule has 0 heterocycles. The molecular formula is C11H17N3O. The van der Waals surface area contributed by atoms with E-state index in [1.54, 1.807) is 0 Å². The minimum atomic E-state index is 0.224. The lowest BCUT2D eigenvalue weighted by atomic mass is 10.1. The number of nitrogens with zero attached hydrogens (tertiary/aromatic N) is 1. The van der Waals surface area contributed by atoms with E-state index < -0.39 is 0 Å². The summed E-state index contributed by atoms with van der Waals surface area (Å²) in [6.07, 6.45) is 0. The van der Waals surface area contributed by atoms with E-state index in [2.05, 4.69) is 11.2 Å². The fourth-order valence-corrected chi connectivity index (χ4v) is 1.33. The number of nitrogens with two attached hydrogens (primary N) is 2. The van der Waals surface area contributed by atoms with Gasteiger partial charge in [0.05, 0.1) is 0 Å². The Bertz CT molecular complexity index is 386. The topological polar surface area (TPSA) is 73.6 Å². The fourth-order valence-electron chi connectivity index (χ4n) is 1.33. The van der Waals surface area contributed by atoms with E-state index in [1.807, 2.05) is 26.8 Å². The summed E-state index contributed by atoms with van der Waals surface area (Å²) < 4.78 is 5.57. The highest BCUT2D eigenvalue weighted by Gasteiger charge is 2.06. The summed E-state index contributed by atoms with van der Waals surface area (Å²) in [6, 6.07) is 4.09. The molecule has 1 aromatic carbocycles. The minimum absolute atomic E-state index is 0.224. The number of hydrogen-bond donors (Lipinski definition) is 2. The third kappa shape index (κ3) is 2.62. The van der Waals surface area contributed by atoms with E-state index >= 15 is 0 Å². The van der Waals surface area contributed by atoms with E-state index in [4.69, 9.17) is 16.3 Å². The molecule has 0 aliphatic carbocycles. The first-order chi connectivity index (χ1) is 7.06. The normalized spacial score (nSPS) is 11.5. The van der Waals surface area contributed by atoms with Gasteiger partial charge in [-0.3, -0.25) is 0 Å². The van der Waals surface area contributed by atoms with Crippen molar-refractivity contribution in [1.29, 1.82) is 0 Å². The van der Waals surface area contributed by atoms with Gasteiger partial charge >= 0.3 is 0 Å². The van der Waals surface area contributed by atoms with Gasteiger partial charge in [-0.05, 0) is 37.5 Å². The number of ether oxygens (including phenoxy) is 1. The zero-order chi connectivity index (χ0) is 11.4. The Labute approximate surface area is 89.9 Å². The SMILES string of the molecule is Cc1ccc(C)c(OC/C(N)=N/N)c1C. The number of benzene rings is 1. The van der Waals surface area contributed by atoms with Crippen molar-refractivity contribution in [3.8, 4) is 5.75 Å². The molecule has 0 spiro atoms. The number of aryl methyl sites for hydroxylation is 2. The Morgan fingerprint density at radius 2 is 1.87 bits per heavy atom. The van der Waals surface area contributed by atoms with Crippen LogP contribution in [0.1, 0.15) is 16.7 Å². The predicted octanol–water partition coefficient (Wildman–Crippen LogP) is 1.22. The van der Waals surface area contributed by atoms with Crippen molar-refractivity contribution in [2.45, 2.75) is 20.8 Å². The Hall–Kier alpha value is -1.71. The zero-order valence-electron chi connectivity index (χ0n) is 9.37. The summed E-state index contributed by atoms with van der Waals surface area (Å²) in [4.78, 5) is 0. The van der Waals surface area contributed by atoms with Crippen molar-refractivity contribution in [2.75, 3.05) is 6.61 Å². The maximum atomic E-state index is 5.57. The number of hydrazone groups is 1. The van der Waals surface area contributed by atoms with Crippen molar-refractivity contribution in [2.24, 2.45) is 16.7 Å². The molecule has 15 heavy (non-hydrogen) atoms. The lowest BCUT2D eigenvalue weighted by Crippen LogP contribution is -2.23. The summed E-state index contributed by atoms with van der Waals surface area (Å²) in [6.45, 7) is 6.29. The van der Waals surface area contributed by atoms with Crippen LogP contribution in [0.15, 0.2) is 17.2 Å². The number of rotatable bonds is 3. The summed E-state index contributed by atoms with van der Waals surface area (Å²) in [5, 5.41) is 3.35. The molecule has 1 rings (SSSR count). The van der Waals surface area contributed by atoms with Gasteiger partial charge in [0.25, 0.3) is 0 Å². The molecule has 0 bridgehead atoms. The Morgan fingerprint density at radius 1 is 1.27 bits per heavy atom. The van der Waals surface area contributed by atoms with Gasteiger partial charge in [-0.1, -0.05) is 12.1 Å². The molecule has 0 fully saturated rings. The van der Waals surface area contributed by atoms with Crippen LogP contribution in [0.2, 0.25) is 0 Å². The van der Waals surface area contributed by atoms with Crippen LogP contribution >= 0.6 is 0 Å². The van der Waals surface area contributed by atoms with Crippen LogP contribution in [0.25, 0.3) is 0 Å². The van der Waals surface area contributed by atoms with Gasteiger partial charge in [-0.25, -0.2) is 0 Å². The van der Waals surface area contributed by atoms with Crippen molar-refractivity contribution < 1.29 is 4.74 Å². The Balaban J connectivity index is 2.89. The quantitative estimate of drug-likeness (QED) is 0.339. The molecule has 0 amide bonds. The van der Waals surface area contributed by atoms with Crippen molar-refractivity contribution in [3.63, 3.8) is 0 Å². The van der Waals surface area contributed by atoms with Crippen molar-refractivity contribution in [1.82, 2.24) is 0 Å². The first-order valence-corrected chi connectivity index (χ1v) is 4.78. The van der Waals surface area contributed by atoms with Gasteiger partial charge in [0, 0.05) is 0 Å². The van der Waals surface area contributed by atoms with Gasteiger partial charge in [-0.15, -0.1) is 0 Å². The second-order valence-corrected chi connectivity index (χ2v) is 3.56. The average molecular weight is 207 g/mol. The predicted molar refractivity (Wildman–Crippen MR) is 62.0 cm³/mol. The Morgan fingerprint density at radius 3 is 2.47 bits per heavy atom. The van der Waals surface area contributed by atoms with Crippen LogP contribution < -0.4 is 16.3 Å². The lowest BCUT2D eigenvalue weighted by molar-refractivity contribution is 0.369. The highest BCUT2D eigenvalue weighted by Crippen LogP contribution is 2.25. The van der Waals surface area contributed by atoms with E-state index in [1.165, 1.54) is 5.56 Å². The number of amidine groups is 1. The molecule has 0 atom stereocenters. The summed E-state index contributed by atoms with van der Waals surface area (Å²) in [5.41, 5.74) is 8.86. The van der Waals surface area contributed by atoms with Gasteiger partial charge < -0.3 is 16.3 Å². The van der Waals surface area contributed by atoms with Gasteiger partial charge in [0.1, 0.15) is 12.4 Å². The molecule has 82 valence electrons. The van der Waals surface area contributed by atoms with Crippen LogP contribution in [0.4, 0.5) is 0 Å². The molecule has 0 aliphatic heterocycles. The second-order valence-electron chi connectivity index (χ2n) is 3.56. The summed E-state index contributed by atoms with van der Waals surface area (Å²) in [5.74, 6) is 6.18. The molecule has 4 N–H and O–H groups in total. The highest BCUT2D eigenvalue weighted by molar-refractivity contribution is 5.81. The monoisotopic (exact) mass is 207 g/mol. The lowest BCUT2D eigenvalue weighted by Gasteiger charge is -2.13. The van der Waals surface area contributed by atoms with Gasteiger partial charge in [0.15, 0.2) is 5.84 Å². The van der Waals surface area contributed by atoms with Gasteiger partial charge in [-0.2, -0.15) is 5.10 Å². The largest absolute Gasteiger partial charge is 0.485 e. The first kappa shape index (κ1) is 11.4. The van der Waals surface area contributed by atoms with E-state index in [9.17, 15) is 0 Å². The maximum absolute atomic E-state index is 5.57. The van der Waals surface area contributed by atoms with E-state index in [0.717, 1.165) is 16.9 Å². The molecule has 0 saturated heterocycles. The van der Waals surface area contributed by atoms with E-state index in [0.29, 0.717) is 0 Å².